The zero-order valence-electron chi connectivity index (χ0n) is 13.1. The molecule has 1 fully saturated rings. The van der Waals surface area contributed by atoms with Gasteiger partial charge in [0.05, 0.1) is 6.26 Å². The van der Waals surface area contributed by atoms with Crippen LogP contribution < -0.4 is 4.72 Å². The van der Waals surface area contributed by atoms with Crippen LogP contribution in [-0.2, 0) is 19.6 Å². The van der Waals surface area contributed by atoms with Crippen molar-refractivity contribution < 1.29 is 18.0 Å². The molecule has 0 aromatic heterocycles. The zero-order valence-corrected chi connectivity index (χ0v) is 13.9. The van der Waals surface area contributed by atoms with Crippen molar-refractivity contribution in [3.8, 4) is 0 Å². The molecule has 122 valence electrons. The van der Waals surface area contributed by atoms with Crippen LogP contribution in [0, 0.1) is 5.92 Å². The van der Waals surface area contributed by atoms with Crippen molar-refractivity contribution >= 4 is 21.8 Å². The summed E-state index contributed by atoms with van der Waals surface area (Å²) >= 11 is 0. The minimum atomic E-state index is -3.44. The number of piperazine rings is 1. The van der Waals surface area contributed by atoms with Gasteiger partial charge in [-0.3, -0.25) is 9.59 Å². The van der Waals surface area contributed by atoms with Gasteiger partial charge in [-0.15, -0.1) is 0 Å². The second-order valence-corrected chi connectivity index (χ2v) is 7.68. The highest BCUT2D eigenvalue weighted by Crippen LogP contribution is 2.11. The second-order valence-electron chi connectivity index (χ2n) is 5.90. The van der Waals surface area contributed by atoms with E-state index in [-0.39, 0.29) is 17.7 Å². The van der Waals surface area contributed by atoms with Gasteiger partial charge in [0.1, 0.15) is 6.04 Å². The number of sulfonamides is 1. The molecule has 1 unspecified atom stereocenters. The van der Waals surface area contributed by atoms with E-state index in [0.717, 1.165) is 6.26 Å². The number of hydrogen-bond donors (Lipinski definition) is 1. The van der Waals surface area contributed by atoms with E-state index in [1.165, 1.54) is 6.92 Å². The maximum atomic E-state index is 12.5. The van der Waals surface area contributed by atoms with E-state index in [4.69, 9.17) is 0 Å². The standard InChI is InChI=1S/C13H25N3O4S/c1-10(2)9-12(14-21(4,19)20)13(18)16-7-5-15(6-8-16)11(3)17/h10,12,14H,5-9H2,1-4H3. The summed E-state index contributed by atoms with van der Waals surface area (Å²) in [6.07, 6.45) is 1.51. The zero-order chi connectivity index (χ0) is 16.2. The van der Waals surface area contributed by atoms with Gasteiger partial charge in [-0.25, -0.2) is 13.1 Å². The Hall–Kier alpha value is -1.15. The smallest absolute Gasteiger partial charge is 0.240 e. The van der Waals surface area contributed by atoms with Crippen LogP contribution in [0.5, 0.6) is 0 Å². The first-order chi connectivity index (χ1) is 9.60. The first kappa shape index (κ1) is 17.9. The number of carbonyl (C=O) groups is 2. The van der Waals surface area contributed by atoms with Crippen molar-refractivity contribution in [3.63, 3.8) is 0 Å². The summed E-state index contributed by atoms with van der Waals surface area (Å²) in [6.45, 7) is 7.26. The van der Waals surface area contributed by atoms with Gasteiger partial charge < -0.3 is 9.80 Å². The lowest BCUT2D eigenvalue weighted by atomic mass is 10.0. The molecule has 0 aromatic rings. The SMILES string of the molecule is CC(=O)N1CCN(C(=O)C(CC(C)C)NS(C)(=O)=O)CC1. The quantitative estimate of drug-likeness (QED) is 0.750. The molecule has 7 nitrogen and oxygen atoms in total. The number of nitrogens with one attached hydrogen (secondary N) is 1. The average molecular weight is 319 g/mol. The Morgan fingerprint density at radius 1 is 1.10 bits per heavy atom. The Balaban J connectivity index is 2.70. The molecule has 0 saturated carbocycles. The Morgan fingerprint density at radius 3 is 1.95 bits per heavy atom. The molecule has 0 aliphatic carbocycles. The maximum Gasteiger partial charge on any atom is 0.240 e. The molecule has 1 N–H and O–H groups in total. The van der Waals surface area contributed by atoms with Gasteiger partial charge in [0.25, 0.3) is 0 Å². The van der Waals surface area contributed by atoms with E-state index in [0.29, 0.717) is 32.6 Å². The first-order valence-electron chi connectivity index (χ1n) is 7.11. The Bertz CT molecular complexity index is 482. The third kappa shape index (κ3) is 6.01. The minimum absolute atomic E-state index is 0.00455. The van der Waals surface area contributed by atoms with E-state index in [1.54, 1.807) is 9.80 Å². The van der Waals surface area contributed by atoms with Crippen molar-refractivity contribution in [2.24, 2.45) is 5.92 Å². The van der Waals surface area contributed by atoms with E-state index in [2.05, 4.69) is 4.72 Å². The fraction of sp³-hybridized carbons (Fsp3) is 0.846. The van der Waals surface area contributed by atoms with Gasteiger partial charge in [0, 0.05) is 33.1 Å². The summed E-state index contributed by atoms with van der Waals surface area (Å²) < 4.78 is 25.3. The molecule has 1 saturated heterocycles. The third-order valence-electron chi connectivity index (χ3n) is 3.40. The van der Waals surface area contributed by atoms with Crippen molar-refractivity contribution in [2.45, 2.75) is 33.2 Å². The largest absolute Gasteiger partial charge is 0.339 e. The van der Waals surface area contributed by atoms with Gasteiger partial charge >= 0.3 is 0 Å². The van der Waals surface area contributed by atoms with Gasteiger partial charge in [0.15, 0.2) is 0 Å². The fourth-order valence-electron chi connectivity index (χ4n) is 2.39. The minimum Gasteiger partial charge on any atom is -0.339 e. The topological polar surface area (TPSA) is 86.8 Å². The normalized spacial score (nSPS) is 18.0. The van der Waals surface area contributed by atoms with Crippen molar-refractivity contribution in [2.75, 3.05) is 32.4 Å². The Labute approximate surface area is 126 Å². The molecule has 1 heterocycles. The van der Waals surface area contributed by atoms with Gasteiger partial charge in [0.2, 0.25) is 21.8 Å². The molecule has 1 atom stereocenters. The van der Waals surface area contributed by atoms with E-state index in [9.17, 15) is 18.0 Å². The predicted molar refractivity (Wildman–Crippen MR) is 80.1 cm³/mol. The molecule has 8 heteroatoms. The summed E-state index contributed by atoms with van der Waals surface area (Å²) in [5.41, 5.74) is 0. The van der Waals surface area contributed by atoms with E-state index in [1.807, 2.05) is 13.8 Å². The lowest BCUT2D eigenvalue weighted by Gasteiger charge is -2.36. The van der Waals surface area contributed by atoms with Gasteiger partial charge in [-0.05, 0) is 12.3 Å². The van der Waals surface area contributed by atoms with Crippen molar-refractivity contribution in [1.82, 2.24) is 14.5 Å². The first-order valence-corrected chi connectivity index (χ1v) is 9.01. The maximum absolute atomic E-state index is 12.5. The van der Waals surface area contributed by atoms with Crippen LogP contribution in [0.1, 0.15) is 27.2 Å². The van der Waals surface area contributed by atoms with Crippen LogP contribution in [-0.4, -0.2) is 68.5 Å². The monoisotopic (exact) mass is 319 g/mol. The number of amides is 2. The van der Waals surface area contributed by atoms with Crippen LogP contribution in [0.25, 0.3) is 0 Å². The van der Waals surface area contributed by atoms with Crippen LogP contribution in [0.3, 0.4) is 0 Å². The highest BCUT2D eigenvalue weighted by atomic mass is 32.2. The second kappa shape index (κ2) is 7.22. The molecule has 0 aromatic carbocycles. The summed E-state index contributed by atoms with van der Waals surface area (Å²) in [6, 6.07) is -0.733. The number of hydrogen-bond acceptors (Lipinski definition) is 4. The lowest BCUT2D eigenvalue weighted by Crippen LogP contribution is -2.55. The third-order valence-corrected chi connectivity index (χ3v) is 4.11. The molecular weight excluding hydrogens is 294 g/mol. The number of nitrogens with zero attached hydrogens (tertiary/aromatic N) is 2. The molecule has 0 radical (unpaired) electrons. The molecular formula is C13H25N3O4S. The summed E-state index contributed by atoms with van der Waals surface area (Å²) in [7, 11) is -3.44. The predicted octanol–water partition coefficient (Wildman–Crippen LogP) is -0.359. The number of rotatable bonds is 5. The molecule has 1 rings (SSSR count). The van der Waals surface area contributed by atoms with Crippen molar-refractivity contribution in [1.29, 1.82) is 0 Å². The molecule has 1 aliphatic heterocycles. The van der Waals surface area contributed by atoms with Crippen molar-refractivity contribution in [3.05, 3.63) is 0 Å². The Morgan fingerprint density at radius 2 is 1.57 bits per heavy atom. The number of carbonyl (C=O) groups excluding carboxylic acids is 2. The molecule has 2 amide bonds. The van der Waals surface area contributed by atoms with Crippen LogP contribution in [0.15, 0.2) is 0 Å². The summed E-state index contributed by atoms with van der Waals surface area (Å²) in [4.78, 5) is 27.1. The molecule has 0 spiro atoms. The molecule has 0 bridgehead atoms. The van der Waals surface area contributed by atoms with E-state index >= 15 is 0 Å². The van der Waals surface area contributed by atoms with E-state index < -0.39 is 16.1 Å². The highest BCUT2D eigenvalue weighted by molar-refractivity contribution is 7.88. The van der Waals surface area contributed by atoms with Crippen LogP contribution in [0.2, 0.25) is 0 Å². The fourth-order valence-corrected chi connectivity index (χ4v) is 3.11. The summed E-state index contributed by atoms with van der Waals surface area (Å²) in [5.74, 6) is -0.0147. The Kier molecular flexibility index (Phi) is 6.15. The summed E-state index contributed by atoms with van der Waals surface area (Å²) in [5, 5.41) is 0. The highest BCUT2D eigenvalue weighted by Gasteiger charge is 2.30. The average Bonchev–Trinajstić information content (AvgIpc) is 2.35. The van der Waals surface area contributed by atoms with Gasteiger partial charge in [-0.2, -0.15) is 0 Å². The molecule has 21 heavy (non-hydrogen) atoms. The van der Waals surface area contributed by atoms with Gasteiger partial charge in [-0.1, -0.05) is 13.8 Å². The van der Waals surface area contributed by atoms with Crippen LogP contribution in [0.4, 0.5) is 0 Å². The lowest BCUT2D eigenvalue weighted by molar-refractivity contribution is -0.139. The van der Waals surface area contributed by atoms with Crippen LogP contribution >= 0.6 is 0 Å². The molecule has 1 aliphatic rings.